The summed E-state index contributed by atoms with van der Waals surface area (Å²) in [6, 6.07) is 6.10. The Balaban J connectivity index is 1.81. The van der Waals surface area contributed by atoms with Gasteiger partial charge in [-0.15, -0.1) is 0 Å². The summed E-state index contributed by atoms with van der Waals surface area (Å²) >= 11 is 0. The van der Waals surface area contributed by atoms with Crippen LogP contribution < -0.4 is 0 Å². The average Bonchev–Trinajstić information content (AvgIpc) is 2.82. The van der Waals surface area contributed by atoms with E-state index in [4.69, 9.17) is 9.84 Å². The lowest BCUT2D eigenvalue weighted by molar-refractivity contribution is 0.0525. The van der Waals surface area contributed by atoms with Crippen LogP contribution in [0.2, 0.25) is 0 Å². The zero-order valence-electron chi connectivity index (χ0n) is 11.0. The van der Waals surface area contributed by atoms with Gasteiger partial charge in [0.25, 0.3) is 5.91 Å². The fourth-order valence-electron chi connectivity index (χ4n) is 2.73. The summed E-state index contributed by atoms with van der Waals surface area (Å²) in [5.41, 5.74) is 3.00. The van der Waals surface area contributed by atoms with Gasteiger partial charge in [-0.1, -0.05) is 6.07 Å². The SMILES string of the molecule is O=C(c1ccc2c(c1)COC2)N(CCO)C1CCC1. The van der Waals surface area contributed by atoms with E-state index in [9.17, 15) is 4.79 Å². The second-order valence-corrected chi connectivity index (χ2v) is 5.28. The summed E-state index contributed by atoms with van der Waals surface area (Å²) < 4.78 is 5.37. The number of hydrogen-bond donors (Lipinski definition) is 1. The molecule has 0 bridgehead atoms. The molecule has 1 aromatic carbocycles. The molecule has 1 aromatic rings. The molecule has 3 rings (SSSR count). The van der Waals surface area contributed by atoms with Gasteiger partial charge in [0.2, 0.25) is 0 Å². The number of carbonyl (C=O) groups is 1. The van der Waals surface area contributed by atoms with Gasteiger partial charge in [-0.2, -0.15) is 0 Å². The first-order chi connectivity index (χ1) is 9.29. The van der Waals surface area contributed by atoms with E-state index < -0.39 is 0 Å². The van der Waals surface area contributed by atoms with E-state index >= 15 is 0 Å². The summed E-state index contributed by atoms with van der Waals surface area (Å²) in [7, 11) is 0. The van der Waals surface area contributed by atoms with Crippen molar-refractivity contribution in [3.63, 3.8) is 0 Å². The molecule has 0 radical (unpaired) electrons. The molecule has 0 atom stereocenters. The molecule has 4 nitrogen and oxygen atoms in total. The maximum Gasteiger partial charge on any atom is 0.254 e. The van der Waals surface area contributed by atoms with E-state index in [1.807, 2.05) is 23.1 Å². The maximum absolute atomic E-state index is 12.5. The van der Waals surface area contributed by atoms with E-state index in [2.05, 4.69) is 0 Å². The number of ether oxygens (including phenoxy) is 1. The van der Waals surface area contributed by atoms with E-state index in [-0.39, 0.29) is 12.5 Å². The van der Waals surface area contributed by atoms with Crippen LogP contribution in [0.3, 0.4) is 0 Å². The molecule has 1 heterocycles. The smallest absolute Gasteiger partial charge is 0.254 e. The Bertz CT molecular complexity index is 482. The lowest BCUT2D eigenvalue weighted by atomic mass is 9.91. The third kappa shape index (κ3) is 2.38. The molecule has 1 aliphatic heterocycles. The molecule has 1 amide bonds. The van der Waals surface area contributed by atoms with Crippen LogP contribution in [-0.4, -0.2) is 35.1 Å². The largest absolute Gasteiger partial charge is 0.395 e. The summed E-state index contributed by atoms with van der Waals surface area (Å²) in [6.07, 6.45) is 3.29. The summed E-state index contributed by atoms with van der Waals surface area (Å²) in [6.45, 7) is 1.69. The normalized spacial score (nSPS) is 17.9. The van der Waals surface area contributed by atoms with E-state index in [1.54, 1.807) is 0 Å². The topological polar surface area (TPSA) is 49.8 Å². The summed E-state index contributed by atoms with van der Waals surface area (Å²) in [5, 5.41) is 9.14. The van der Waals surface area contributed by atoms with Gasteiger partial charge in [0.1, 0.15) is 0 Å². The predicted octanol–water partition coefficient (Wildman–Crippen LogP) is 1.70. The number of carbonyl (C=O) groups excluding carboxylic acids is 1. The molecule has 2 aliphatic rings. The Hall–Kier alpha value is -1.39. The third-order valence-corrected chi connectivity index (χ3v) is 4.09. The Morgan fingerprint density at radius 1 is 1.32 bits per heavy atom. The number of aliphatic hydroxyl groups is 1. The first-order valence-corrected chi connectivity index (χ1v) is 6.91. The number of nitrogens with zero attached hydrogens (tertiary/aromatic N) is 1. The van der Waals surface area contributed by atoms with Crippen LogP contribution in [0, 0.1) is 0 Å². The molecular formula is C15H19NO3. The first-order valence-electron chi connectivity index (χ1n) is 6.91. The fourth-order valence-corrected chi connectivity index (χ4v) is 2.73. The first kappa shape index (κ1) is 12.6. The Morgan fingerprint density at radius 3 is 2.79 bits per heavy atom. The highest BCUT2D eigenvalue weighted by Gasteiger charge is 2.29. The minimum atomic E-state index is 0.0241. The van der Waals surface area contributed by atoms with Crippen LogP contribution >= 0.6 is 0 Å². The third-order valence-electron chi connectivity index (χ3n) is 4.09. The van der Waals surface area contributed by atoms with Gasteiger partial charge < -0.3 is 14.7 Å². The fraction of sp³-hybridized carbons (Fsp3) is 0.533. The van der Waals surface area contributed by atoms with Gasteiger partial charge >= 0.3 is 0 Å². The second-order valence-electron chi connectivity index (χ2n) is 5.28. The van der Waals surface area contributed by atoms with Crippen LogP contribution in [0.25, 0.3) is 0 Å². The molecule has 1 N–H and O–H groups in total. The number of aliphatic hydroxyl groups excluding tert-OH is 1. The Morgan fingerprint density at radius 2 is 2.11 bits per heavy atom. The molecule has 1 saturated carbocycles. The lowest BCUT2D eigenvalue weighted by Gasteiger charge is -2.37. The highest BCUT2D eigenvalue weighted by atomic mass is 16.5. The van der Waals surface area contributed by atoms with Crippen LogP contribution in [0.4, 0.5) is 0 Å². The van der Waals surface area contributed by atoms with Gasteiger partial charge in [-0.25, -0.2) is 0 Å². The zero-order chi connectivity index (χ0) is 13.2. The van der Waals surface area contributed by atoms with Crippen LogP contribution in [0.15, 0.2) is 18.2 Å². The molecule has 0 aromatic heterocycles. The second kappa shape index (κ2) is 5.31. The van der Waals surface area contributed by atoms with E-state index in [0.29, 0.717) is 31.4 Å². The van der Waals surface area contributed by atoms with Crippen molar-refractivity contribution in [2.45, 2.75) is 38.5 Å². The van der Waals surface area contributed by atoms with Crippen molar-refractivity contribution in [3.05, 3.63) is 34.9 Å². The van der Waals surface area contributed by atoms with Gasteiger partial charge in [0.15, 0.2) is 0 Å². The molecule has 0 unspecified atom stereocenters. The highest BCUT2D eigenvalue weighted by molar-refractivity contribution is 5.94. The number of benzene rings is 1. The van der Waals surface area contributed by atoms with Gasteiger partial charge in [-0.05, 0) is 42.5 Å². The molecule has 1 fully saturated rings. The van der Waals surface area contributed by atoms with Crippen LogP contribution in [0.1, 0.15) is 40.7 Å². The maximum atomic E-state index is 12.5. The van der Waals surface area contributed by atoms with Crippen molar-refractivity contribution in [1.82, 2.24) is 4.90 Å². The van der Waals surface area contributed by atoms with Crippen LogP contribution in [-0.2, 0) is 18.0 Å². The van der Waals surface area contributed by atoms with Crippen molar-refractivity contribution >= 4 is 5.91 Å². The minimum absolute atomic E-state index is 0.0241. The molecule has 0 saturated heterocycles. The molecule has 4 heteroatoms. The minimum Gasteiger partial charge on any atom is -0.395 e. The average molecular weight is 261 g/mol. The molecule has 19 heavy (non-hydrogen) atoms. The Labute approximate surface area is 113 Å². The molecular weight excluding hydrogens is 242 g/mol. The number of hydrogen-bond acceptors (Lipinski definition) is 3. The molecule has 102 valence electrons. The number of amides is 1. The zero-order valence-corrected chi connectivity index (χ0v) is 11.0. The quantitative estimate of drug-likeness (QED) is 0.897. The number of fused-ring (bicyclic) bond motifs is 1. The van der Waals surface area contributed by atoms with Crippen LogP contribution in [0.5, 0.6) is 0 Å². The monoisotopic (exact) mass is 261 g/mol. The van der Waals surface area contributed by atoms with E-state index in [0.717, 1.165) is 18.4 Å². The van der Waals surface area contributed by atoms with Crippen molar-refractivity contribution < 1.29 is 14.6 Å². The van der Waals surface area contributed by atoms with Crippen molar-refractivity contribution in [2.24, 2.45) is 0 Å². The highest BCUT2D eigenvalue weighted by Crippen LogP contribution is 2.27. The summed E-state index contributed by atoms with van der Waals surface area (Å²) in [4.78, 5) is 14.4. The van der Waals surface area contributed by atoms with Crippen molar-refractivity contribution in [2.75, 3.05) is 13.2 Å². The standard InChI is InChI=1S/C15H19NO3/c17-7-6-16(14-2-1-3-14)15(18)11-4-5-12-9-19-10-13(12)8-11/h4-5,8,14,17H,1-3,6-7,9-10H2. The predicted molar refractivity (Wildman–Crippen MR) is 70.7 cm³/mol. The lowest BCUT2D eigenvalue weighted by Crippen LogP contribution is -2.45. The van der Waals surface area contributed by atoms with E-state index in [1.165, 1.54) is 12.0 Å². The Kier molecular flexibility index (Phi) is 3.53. The van der Waals surface area contributed by atoms with Crippen molar-refractivity contribution in [3.8, 4) is 0 Å². The van der Waals surface area contributed by atoms with Gasteiger partial charge in [0.05, 0.1) is 19.8 Å². The van der Waals surface area contributed by atoms with Gasteiger partial charge in [0, 0.05) is 18.2 Å². The molecule has 0 spiro atoms. The van der Waals surface area contributed by atoms with Crippen molar-refractivity contribution in [1.29, 1.82) is 0 Å². The summed E-state index contributed by atoms with van der Waals surface area (Å²) in [5.74, 6) is 0.0356. The molecule has 1 aliphatic carbocycles. The number of rotatable bonds is 4. The van der Waals surface area contributed by atoms with Gasteiger partial charge in [-0.3, -0.25) is 4.79 Å².